The van der Waals surface area contributed by atoms with Crippen LogP contribution in [0.15, 0.2) is 24.3 Å². The van der Waals surface area contributed by atoms with Crippen molar-refractivity contribution in [2.45, 2.75) is 31.8 Å². The molecule has 2 atom stereocenters. The minimum atomic E-state index is -2.13. The molecule has 21 heavy (non-hydrogen) atoms. The number of carbonyl (C=O) groups excluding carboxylic acids is 1. The summed E-state index contributed by atoms with van der Waals surface area (Å²) in [6.45, 7) is 3.17. The number of hydrogen-bond donors (Lipinski definition) is 1. The molecule has 0 saturated heterocycles. The SMILES string of the molecule is CCOC(=O)C(CC(C)OC)(C(=O)O)c1ccccc1F. The summed E-state index contributed by atoms with van der Waals surface area (Å²) in [5.74, 6) is -3.22. The number of ether oxygens (including phenoxy) is 2. The van der Waals surface area contributed by atoms with Crippen LogP contribution in [0.3, 0.4) is 0 Å². The molecule has 0 spiro atoms. The van der Waals surface area contributed by atoms with Gasteiger partial charge in [-0.2, -0.15) is 0 Å². The Balaban J connectivity index is 3.48. The standard InChI is InChI=1S/C15H19FO5/c1-4-21-14(19)15(13(17)18,9-10(2)20-3)11-7-5-6-8-12(11)16/h5-8,10H,4,9H2,1-3H3,(H,17,18). The number of esters is 1. The zero-order valence-electron chi connectivity index (χ0n) is 12.3. The van der Waals surface area contributed by atoms with Gasteiger partial charge in [-0.25, -0.2) is 4.39 Å². The Morgan fingerprint density at radius 1 is 1.38 bits per heavy atom. The zero-order valence-corrected chi connectivity index (χ0v) is 12.3. The fraction of sp³-hybridized carbons (Fsp3) is 0.467. The van der Waals surface area contributed by atoms with Crippen LogP contribution in [0, 0.1) is 5.82 Å². The lowest BCUT2D eigenvalue weighted by molar-refractivity contribution is -0.163. The number of halogens is 1. The summed E-state index contributed by atoms with van der Waals surface area (Å²) in [6, 6.07) is 5.30. The lowest BCUT2D eigenvalue weighted by Crippen LogP contribution is -2.48. The maximum Gasteiger partial charge on any atom is 0.328 e. The summed E-state index contributed by atoms with van der Waals surface area (Å²) in [5, 5.41) is 9.62. The number of benzene rings is 1. The highest BCUT2D eigenvalue weighted by Gasteiger charge is 2.51. The van der Waals surface area contributed by atoms with Crippen LogP contribution in [-0.4, -0.2) is 36.9 Å². The molecule has 5 nitrogen and oxygen atoms in total. The van der Waals surface area contributed by atoms with E-state index < -0.39 is 29.3 Å². The van der Waals surface area contributed by atoms with E-state index in [-0.39, 0.29) is 18.6 Å². The maximum atomic E-state index is 14.1. The smallest absolute Gasteiger partial charge is 0.328 e. The molecule has 0 radical (unpaired) electrons. The molecule has 0 fully saturated rings. The quantitative estimate of drug-likeness (QED) is 0.616. The Hall–Kier alpha value is -1.95. The molecule has 1 aromatic carbocycles. The zero-order chi connectivity index (χ0) is 16.0. The molecule has 1 N–H and O–H groups in total. The van der Waals surface area contributed by atoms with E-state index in [9.17, 15) is 19.1 Å². The van der Waals surface area contributed by atoms with Crippen molar-refractivity contribution >= 4 is 11.9 Å². The van der Waals surface area contributed by atoms with Crippen LogP contribution >= 0.6 is 0 Å². The molecule has 6 heteroatoms. The van der Waals surface area contributed by atoms with Crippen LogP contribution in [0.5, 0.6) is 0 Å². The highest BCUT2D eigenvalue weighted by Crippen LogP contribution is 2.34. The van der Waals surface area contributed by atoms with Gasteiger partial charge in [0.2, 0.25) is 0 Å². The first-order valence-electron chi connectivity index (χ1n) is 6.58. The summed E-state index contributed by atoms with van der Waals surface area (Å²) < 4.78 is 24.0. The molecule has 0 aliphatic rings. The van der Waals surface area contributed by atoms with Gasteiger partial charge in [-0.1, -0.05) is 18.2 Å². The first-order chi connectivity index (χ1) is 9.90. The van der Waals surface area contributed by atoms with E-state index in [4.69, 9.17) is 9.47 Å². The number of carboxylic acid groups (broad SMARTS) is 1. The van der Waals surface area contributed by atoms with Gasteiger partial charge in [0.25, 0.3) is 0 Å². The van der Waals surface area contributed by atoms with Crippen molar-refractivity contribution in [3.8, 4) is 0 Å². The highest BCUT2D eigenvalue weighted by molar-refractivity contribution is 6.05. The van der Waals surface area contributed by atoms with Gasteiger partial charge in [0.1, 0.15) is 5.82 Å². The minimum absolute atomic E-state index is 0.00365. The van der Waals surface area contributed by atoms with E-state index >= 15 is 0 Å². The Morgan fingerprint density at radius 3 is 2.48 bits per heavy atom. The van der Waals surface area contributed by atoms with Crippen molar-refractivity contribution < 1.29 is 28.6 Å². The molecule has 0 aromatic heterocycles. The second-order valence-electron chi connectivity index (χ2n) is 4.66. The fourth-order valence-electron chi connectivity index (χ4n) is 2.17. The lowest BCUT2D eigenvalue weighted by Gasteiger charge is -2.30. The maximum absolute atomic E-state index is 14.1. The van der Waals surface area contributed by atoms with Crippen molar-refractivity contribution in [2.75, 3.05) is 13.7 Å². The average molecular weight is 298 g/mol. The normalized spacial score (nSPS) is 15.0. The van der Waals surface area contributed by atoms with Crippen LogP contribution in [0.25, 0.3) is 0 Å². The molecule has 2 unspecified atom stereocenters. The Morgan fingerprint density at radius 2 is 2.00 bits per heavy atom. The van der Waals surface area contributed by atoms with Gasteiger partial charge < -0.3 is 14.6 Å². The average Bonchev–Trinajstić information content (AvgIpc) is 2.45. The van der Waals surface area contributed by atoms with Crippen LogP contribution in [0.4, 0.5) is 4.39 Å². The molecule has 0 bridgehead atoms. The van der Waals surface area contributed by atoms with Crippen molar-refractivity contribution in [1.82, 2.24) is 0 Å². The van der Waals surface area contributed by atoms with E-state index in [1.165, 1.54) is 25.3 Å². The number of carboxylic acids is 1. The predicted octanol–water partition coefficient (Wildman–Crippen LogP) is 2.14. The van der Waals surface area contributed by atoms with E-state index in [0.717, 1.165) is 6.07 Å². The van der Waals surface area contributed by atoms with E-state index in [2.05, 4.69) is 0 Å². The third kappa shape index (κ3) is 3.39. The predicted molar refractivity (Wildman–Crippen MR) is 73.4 cm³/mol. The van der Waals surface area contributed by atoms with Crippen LogP contribution in [0.2, 0.25) is 0 Å². The van der Waals surface area contributed by atoms with Crippen molar-refractivity contribution in [1.29, 1.82) is 0 Å². The molecule has 1 rings (SSSR count). The van der Waals surface area contributed by atoms with Gasteiger partial charge in [0.15, 0.2) is 5.41 Å². The van der Waals surface area contributed by atoms with Gasteiger partial charge in [0.05, 0.1) is 12.7 Å². The second-order valence-corrected chi connectivity index (χ2v) is 4.66. The topological polar surface area (TPSA) is 72.8 Å². The number of methoxy groups -OCH3 is 1. The molecule has 0 amide bonds. The lowest BCUT2D eigenvalue weighted by atomic mass is 9.75. The van der Waals surface area contributed by atoms with Crippen LogP contribution < -0.4 is 0 Å². The van der Waals surface area contributed by atoms with Crippen LogP contribution in [-0.2, 0) is 24.5 Å². The van der Waals surface area contributed by atoms with Gasteiger partial charge in [-0.3, -0.25) is 9.59 Å². The largest absolute Gasteiger partial charge is 0.480 e. The summed E-state index contributed by atoms with van der Waals surface area (Å²) in [6.07, 6.45) is -0.788. The van der Waals surface area contributed by atoms with E-state index in [1.807, 2.05) is 0 Å². The molecule has 116 valence electrons. The molecular weight excluding hydrogens is 279 g/mol. The van der Waals surface area contributed by atoms with Crippen molar-refractivity contribution in [3.05, 3.63) is 35.6 Å². The molecule has 0 aliphatic carbocycles. The number of carbonyl (C=O) groups is 2. The third-order valence-electron chi connectivity index (χ3n) is 3.32. The van der Waals surface area contributed by atoms with Gasteiger partial charge in [-0.15, -0.1) is 0 Å². The molecule has 0 saturated carbocycles. The second kappa shape index (κ2) is 7.17. The van der Waals surface area contributed by atoms with Crippen molar-refractivity contribution in [3.63, 3.8) is 0 Å². The van der Waals surface area contributed by atoms with Gasteiger partial charge in [0, 0.05) is 19.1 Å². The number of aliphatic carboxylic acids is 1. The fourth-order valence-corrected chi connectivity index (χ4v) is 2.17. The monoisotopic (exact) mass is 298 g/mol. The third-order valence-corrected chi connectivity index (χ3v) is 3.32. The highest BCUT2D eigenvalue weighted by atomic mass is 19.1. The van der Waals surface area contributed by atoms with Gasteiger partial charge >= 0.3 is 11.9 Å². The Labute approximate surface area is 122 Å². The molecule has 0 aliphatic heterocycles. The summed E-state index contributed by atoms with van der Waals surface area (Å²) in [7, 11) is 1.39. The molecular formula is C15H19FO5. The van der Waals surface area contributed by atoms with E-state index in [1.54, 1.807) is 13.8 Å². The number of hydrogen-bond acceptors (Lipinski definition) is 4. The minimum Gasteiger partial charge on any atom is -0.480 e. The molecule has 0 heterocycles. The Bertz CT molecular complexity index is 517. The van der Waals surface area contributed by atoms with Crippen LogP contribution in [0.1, 0.15) is 25.8 Å². The first kappa shape index (κ1) is 17.1. The Kier molecular flexibility index (Phi) is 5.84. The first-order valence-corrected chi connectivity index (χ1v) is 6.58. The van der Waals surface area contributed by atoms with E-state index in [0.29, 0.717) is 0 Å². The summed E-state index contributed by atoms with van der Waals surface area (Å²) >= 11 is 0. The molecule has 1 aromatic rings. The number of rotatable bonds is 7. The summed E-state index contributed by atoms with van der Waals surface area (Å²) in [5.41, 5.74) is -2.35. The van der Waals surface area contributed by atoms with Gasteiger partial charge in [-0.05, 0) is 19.9 Å². The van der Waals surface area contributed by atoms with Crippen molar-refractivity contribution in [2.24, 2.45) is 0 Å². The summed E-state index contributed by atoms with van der Waals surface area (Å²) in [4.78, 5) is 24.1.